The predicted molar refractivity (Wildman–Crippen MR) is 93.8 cm³/mol. The number of carbonyl (C=O) groups is 2. The van der Waals surface area contributed by atoms with Crippen LogP contribution >= 0.6 is 0 Å². The molecule has 0 N–H and O–H groups in total. The molecule has 1 saturated heterocycles. The Morgan fingerprint density at radius 3 is 2.72 bits per heavy atom. The molecule has 3 rings (SSSR count). The van der Waals surface area contributed by atoms with Crippen LogP contribution in [0, 0.1) is 0 Å². The first-order chi connectivity index (χ1) is 12.1. The summed E-state index contributed by atoms with van der Waals surface area (Å²) in [6, 6.07) is 9.44. The number of likely N-dealkylation sites (tertiary alicyclic amines) is 1. The smallest absolute Gasteiger partial charge is 0.410 e. The van der Waals surface area contributed by atoms with Crippen molar-refractivity contribution in [1.29, 1.82) is 0 Å². The summed E-state index contributed by atoms with van der Waals surface area (Å²) < 4.78 is 11.1. The highest BCUT2D eigenvalue weighted by Crippen LogP contribution is 2.32. The summed E-state index contributed by atoms with van der Waals surface area (Å²) in [4.78, 5) is 26.1. The van der Waals surface area contributed by atoms with Gasteiger partial charge in [0.1, 0.15) is 12.2 Å². The van der Waals surface area contributed by atoms with Crippen molar-refractivity contribution >= 4 is 12.1 Å². The van der Waals surface area contributed by atoms with Crippen LogP contribution in [0.25, 0.3) is 0 Å². The third-order valence-corrected chi connectivity index (χ3v) is 4.97. The van der Waals surface area contributed by atoms with Crippen molar-refractivity contribution < 1.29 is 19.1 Å². The van der Waals surface area contributed by atoms with E-state index in [9.17, 15) is 9.59 Å². The Morgan fingerprint density at radius 2 is 2.00 bits per heavy atom. The number of hydrogen-bond donors (Lipinski definition) is 0. The largest absolute Gasteiger partial charge is 0.450 e. The van der Waals surface area contributed by atoms with Gasteiger partial charge < -0.3 is 14.4 Å². The van der Waals surface area contributed by atoms with Crippen LogP contribution in [0.3, 0.4) is 0 Å². The standard InChI is InChI=1S/C20H25NO4/c1-20(13-12-18(22)25-20)17-11-7-2-3-8-14-21(17)19(23)24-15-16-9-5-4-6-10-16/h4-6,9-10,12-13,17H,2-3,7-8,11,14-15H2,1H3/t17-,20+/m1/s1. The second kappa shape index (κ2) is 7.72. The van der Waals surface area contributed by atoms with Crippen molar-refractivity contribution in [2.24, 2.45) is 0 Å². The summed E-state index contributed by atoms with van der Waals surface area (Å²) in [7, 11) is 0. The fraction of sp³-hybridized carbons (Fsp3) is 0.500. The van der Waals surface area contributed by atoms with Gasteiger partial charge in [-0.25, -0.2) is 9.59 Å². The van der Waals surface area contributed by atoms with Crippen molar-refractivity contribution in [3.8, 4) is 0 Å². The van der Waals surface area contributed by atoms with Crippen molar-refractivity contribution in [2.45, 2.75) is 57.3 Å². The number of hydrogen-bond acceptors (Lipinski definition) is 4. The molecule has 0 aliphatic carbocycles. The van der Waals surface area contributed by atoms with E-state index in [1.807, 2.05) is 37.3 Å². The van der Waals surface area contributed by atoms with Gasteiger partial charge in [-0.3, -0.25) is 0 Å². The monoisotopic (exact) mass is 343 g/mol. The summed E-state index contributed by atoms with van der Waals surface area (Å²) in [6.45, 7) is 2.74. The number of carbonyl (C=O) groups excluding carboxylic acids is 2. The molecule has 0 saturated carbocycles. The summed E-state index contributed by atoms with van der Waals surface area (Å²) >= 11 is 0. The van der Waals surface area contributed by atoms with E-state index in [1.165, 1.54) is 6.08 Å². The van der Waals surface area contributed by atoms with Gasteiger partial charge in [-0.2, -0.15) is 0 Å². The van der Waals surface area contributed by atoms with E-state index in [4.69, 9.17) is 9.47 Å². The van der Waals surface area contributed by atoms with Crippen molar-refractivity contribution in [2.75, 3.05) is 6.54 Å². The highest BCUT2D eigenvalue weighted by atomic mass is 16.6. The van der Waals surface area contributed by atoms with E-state index in [2.05, 4.69) is 0 Å². The van der Waals surface area contributed by atoms with Crippen LogP contribution in [0.1, 0.15) is 44.6 Å². The lowest BCUT2D eigenvalue weighted by Gasteiger charge is -2.40. The molecular weight excluding hydrogens is 318 g/mol. The SMILES string of the molecule is C[C@@]1([C@H]2CCCCCCN2C(=O)OCc2ccccc2)C=CC(=O)O1. The molecule has 2 aliphatic rings. The molecule has 0 spiro atoms. The van der Waals surface area contributed by atoms with Crippen LogP contribution in [0.4, 0.5) is 4.79 Å². The van der Waals surface area contributed by atoms with Crippen LogP contribution in [0.2, 0.25) is 0 Å². The third-order valence-electron chi connectivity index (χ3n) is 4.97. The van der Waals surface area contributed by atoms with Gasteiger partial charge in [0.25, 0.3) is 0 Å². The number of amides is 1. The number of esters is 1. The minimum atomic E-state index is -0.778. The van der Waals surface area contributed by atoms with Crippen LogP contribution in [0.15, 0.2) is 42.5 Å². The zero-order valence-electron chi connectivity index (χ0n) is 14.6. The van der Waals surface area contributed by atoms with Gasteiger partial charge in [0.15, 0.2) is 0 Å². The van der Waals surface area contributed by atoms with E-state index in [1.54, 1.807) is 11.0 Å². The molecule has 1 aromatic rings. The van der Waals surface area contributed by atoms with Crippen LogP contribution in [-0.4, -0.2) is 35.2 Å². The first kappa shape index (κ1) is 17.5. The second-order valence-corrected chi connectivity index (χ2v) is 6.89. The van der Waals surface area contributed by atoms with Gasteiger partial charge in [-0.15, -0.1) is 0 Å². The molecule has 5 nitrogen and oxygen atoms in total. The number of nitrogens with zero attached hydrogens (tertiary/aromatic N) is 1. The molecule has 1 fully saturated rings. The Hall–Kier alpha value is -2.30. The first-order valence-electron chi connectivity index (χ1n) is 8.98. The lowest BCUT2D eigenvalue weighted by molar-refractivity contribution is -0.149. The molecule has 0 unspecified atom stereocenters. The van der Waals surface area contributed by atoms with Crippen molar-refractivity contribution in [3.05, 3.63) is 48.0 Å². The number of ether oxygens (including phenoxy) is 2. The Morgan fingerprint density at radius 1 is 1.24 bits per heavy atom. The number of rotatable bonds is 3. The topological polar surface area (TPSA) is 55.8 Å². The Bertz CT molecular complexity index is 642. The van der Waals surface area contributed by atoms with Gasteiger partial charge in [0.2, 0.25) is 0 Å². The molecule has 1 aromatic carbocycles. The molecule has 0 bridgehead atoms. The lowest BCUT2D eigenvalue weighted by Crippen LogP contribution is -2.54. The maximum absolute atomic E-state index is 12.8. The van der Waals surface area contributed by atoms with Crippen LogP contribution < -0.4 is 0 Å². The van der Waals surface area contributed by atoms with Gasteiger partial charge >= 0.3 is 12.1 Å². The fourth-order valence-corrected chi connectivity index (χ4v) is 3.60. The number of benzene rings is 1. The molecule has 1 amide bonds. The molecule has 2 aliphatic heterocycles. The minimum absolute atomic E-state index is 0.196. The second-order valence-electron chi connectivity index (χ2n) is 6.89. The maximum atomic E-state index is 12.8. The quantitative estimate of drug-likeness (QED) is 0.783. The van der Waals surface area contributed by atoms with E-state index in [-0.39, 0.29) is 24.7 Å². The van der Waals surface area contributed by atoms with Gasteiger partial charge in [-0.1, -0.05) is 49.6 Å². The molecule has 25 heavy (non-hydrogen) atoms. The summed E-state index contributed by atoms with van der Waals surface area (Å²) in [5, 5.41) is 0. The molecule has 0 aromatic heterocycles. The third kappa shape index (κ3) is 4.21. The molecular formula is C20H25NO4. The fourth-order valence-electron chi connectivity index (χ4n) is 3.60. The molecule has 2 heterocycles. The van der Waals surface area contributed by atoms with Gasteiger partial charge in [0.05, 0.1) is 6.04 Å². The van der Waals surface area contributed by atoms with Gasteiger partial charge in [0, 0.05) is 12.6 Å². The Balaban J connectivity index is 1.73. The summed E-state index contributed by atoms with van der Waals surface area (Å²) in [5.41, 5.74) is 0.179. The maximum Gasteiger partial charge on any atom is 0.410 e. The molecule has 2 atom stereocenters. The van der Waals surface area contributed by atoms with Crippen LogP contribution in [0.5, 0.6) is 0 Å². The Kier molecular flexibility index (Phi) is 5.41. The molecule has 5 heteroatoms. The normalized spacial score (nSPS) is 26.7. The predicted octanol–water partition coefficient (Wildman–Crippen LogP) is 3.83. The molecule has 134 valence electrons. The minimum Gasteiger partial charge on any atom is -0.450 e. The van der Waals surface area contributed by atoms with Crippen molar-refractivity contribution in [1.82, 2.24) is 4.90 Å². The molecule has 0 radical (unpaired) electrons. The van der Waals surface area contributed by atoms with E-state index in [0.29, 0.717) is 6.54 Å². The average molecular weight is 343 g/mol. The van der Waals surface area contributed by atoms with E-state index < -0.39 is 5.60 Å². The Labute approximate surface area is 148 Å². The van der Waals surface area contributed by atoms with E-state index in [0.717, 1.165) is 37.7 Å². The first-order valence-corrected chi connectivity index (χ1v) is 8.98. The average Bonchev–Trinajstić information content (AvgIpc) is 2.93. The summed E-state index contributed by atoms with van der Waals surface area (Å²) in [5.74, 6) is -0.345. The highest BCUT2D eigenvalue weighted by Gasteiger charge is 2.44. The van der Waals surface area contributed by atoms with Gasteiger partial charge in [-0.05, 0) is 31.4 Å². The number of cyclic esters (lactones) is 1. The lowest BCUT2D eigenvalue weighted by atomic mass is 9.89. The summed E-state index contributed by atoms with van der Waals surface area (Å²) in [6.07, 6.45) is 7.87. The van der Waals surface area contributed by atoms with E-state index >= 15 is 0 Å². The zero-order chi connectivity index (χ0) is 17.7. The highest BCUT2D eigenvalue weighted by molar-refractivity contribution is 5.85. The van der Waals surface area contributed by atoms with Crippen molar-refractivity contribution in [3.63, 3.8) is 0 Å². The van der Waals surface area contributed by atoms with Crippen LogP contribution in [-0.2, 0) is 20.9 Å². The zero-order valence-corrected chi connectivity index (χ0v) is 14.6.